The molecule has 2 aliphatic heterocycles. The number of carbonyl (C=O) groups is 1. The minimum Gasteiger partial charge on any atom is -0.490 e. The molecule has 3 rings (SSSR count). The summed E-state index contributed by atoms with van der Waals surface area (Å²) in [6.07, 6.45) is 6.70. The normalized spacial score (nSPS) is 20.7. The van der Waals surface area contributed by atoms with Crippen molar-refractivity contribution in [2.45, 2.75) is 38.9 Å². The summed E-state index contributed by atoms with van der Waals surface area (Å²) in [5, 5.41) is 0. The van der Waals surface area contributed by atoms with Gasteiger partial charge in [0.25, 0.3) is 0 Å². The van der Waals surface area contributed by atoms with Crippen LogP contribution in [0, 0.1) is 0 Å². The van der Waals surface area contributed by atoms with Gasteiger partial charge in [0, 0.05) is 38.9 Å². The second-order valence-corrected chi connectivity index (χ2v) is 7.47. The molecular weight excluding hydrogens is 394 g/mol. The van der Waals surface area contributed by atoms with Crippen LogP contribution in [0.4, 0.5) is 8.78 Å². The molecule has 0 bridgehead atoms. The molecule has 0 aliphatic carbocycles. The third-order valence-electron chi connectivity index (χ3n) is 5.29. The summed E-state index contributed by atoms with van der Waals surface area (Å²) >= 11 is 0. The zero-order chi connectivity index (χ0) is 21.3. The number of halogens is 2. The fourth-order valence-electron chi connectivity index (χ4n) is 3.81. The summed E-state index contributed by atoms with van der Waals surface area (Å²) in [5.74, 6) is 0.154. The van der Waals surface area contributed by atoms with Gasteiger partial charge < -0.3 is 19.1 Å². The third-order valence-corrected chi connectivity index (χ3v) is 5.29. The molecule has 166 valence electrons. The summed E-state index contributed by atoms with van der Waals surface area (Å²) in [5.41, 5.74) is 0.684. The number of amides is 1. The summed E-state index contributed by atoms with van der Waals surface area (Å²) in [6, 6.07) is 4.64. The van der Waals surface area contributed by atoms with Crippen LogP contribution in [-0.2, 0) is 9.53 Å². The summed E-state index contributed by atoms with van der Waals surface area (Å²) in [6.45, 7) is 4.16. The minimum absolute atomic E-state index is 0.0193. The van der Waals surface area contributed by atoms with Gasteiger partial charge in [-0.05, 0) is 56.5 Å². The molecule has 30 heavy (non-hydrogen) atoms. The molecule has 2 fully saturated rings. The minimum atomic E-state index is -2.92. The number of nitrogens with zero attached hydrogens (tertiary/aromatic N) is 2. The van der Waals surface area contributed by atoms with Gasteiger partial charge in [0.2, 0.25) is 5.91 Å². The van der Waals surface area contributed by atoms with Crippen molar-refractivity contribution in [3.05, 3.63) is 29.8 Å². The molecule has 0 unspecified atom stereocenters. The van der Waals surface area contributed by atoms with Crippen molar-refractivity contribution in [2.75, 3.05) is 45.9 Å². The Balaban J connectivity index is 1.56. The van der Waals surface area contributed by atoms with Gasteiger partial charge in [-0.1, -0.05) is 6.07 Å². The number of benzene rings is 1. The van der Waals surface area contributed by atoms with E-state index in [1.165, 1.54) is 12.1 Å². The van der Waals surface area contributed by atoms with Crippen LogP contribution in [0.15, 0.2) is 24.3 Å². The van der Waals surface area contributed by atoms with Crippen LogP contribution in [-0.4, -0.2) is 74.4 Å². The topological polar surface area (TPSA) is 51.2 Å². The van der Waals surface area contributed by atoms with Gasteiger partial charge in [-0.15, -0.1) is 0 Å². The predicted octanol–water partition coefficient (Wildman–Crippen LogP) is 3.41. The Morgan fingerprint density at radius 1 is 1.23 bits per heavy atom. The van der Waals surface area contributed by atoms with E-state index in [4.69, 9.17) is 9.47 Å². The van der Waals surface area contributed by atoms with Gasteiger partial charge in [0.1, 0.15) is 0 Å². The number of hydrogen-bond acceptors (Lipinski definition) is 5. The van der Waals surface area contributed by atoms with Crippen LogP contribution in [0.25, 0.3) is 6.08 Å². The van der Waals surface area contributed by atoms with E-state index >= 15 is 0 Å². The van der Waals surface area contributed by atoms with Gasteiger partial charge in [-0.25, -0.2) is 0 Å². The average molecular weight is 424 g/mol. The Morgan fingerprint density at radius 2 is 2.10 bits per heavy atom. The van der Waals surface area contributed by atoms with E-state index in [0.717, 1.165) is 52.0 Å². The molecule has 2 heterocycles. The van der Waals surface area contributed by atoms with E-state index in [-0.39, 0.29) is 17.4 Å². The first-order valence-corrected chi connectivity index (χ1v) is 10.6. The highest BCUT2D eigenvalue weighted by Crippen LogP contribution is 2.30. The monoisotopic (exact) mass is 424 g/mol. The lowest BCUT2D eigenvalue weighted by Crippen LogP contribution is -2.37. The van der Waals surface area contributed by atoms with Crippen LogP contribution in [0.1, 0.15) is 31.7 Å². The third kappa shape index (κ3) is 6.67. The van der Waals surface area contributed by atoms with E-state index in [9.17, 15) is 13.6 Å². The quantitative estimate of drug-likeness (QED) is 0.599. The fraction of sp³-hybridized carbons (Fsp3) is 0.591. The number of carbonyl (C=O) groups excluding carboxylic acids is 1. The SMILES string of the molecule is CCOc1cc(/C=C/C(=O)N2CCCN(C[C@H]3CCCO3)CC2)ccc1OC(F)F. The maximum atomic E-state index is 12.6. The number of alkyl halides is 2. The highest BCUT2D eigenvalue weighted by Gasteiger charge is 2.22. The molecular formula is C22H30F2N2O4. The van der Waals surface area contributed by atoms with Crippen molar-refractivity contribution in [2.24, 2.45) is 0 Å². The zero-order valence-corrected chi connectivity index (χ0v) is 17.4. The number of rotatable bonds is 8. The van der Waals surface area contributed by atoms with Gasteiger partial charge in [0.05, 0.1) is 12.7 Å². The lowest BCUT2D eigenvalue weighted by Gasteiger charge is -2.23. The van der Waals surface area contributed by atoms with Crippen LogP contribution in [0.5, 0.6) is 11.5 Å². The van der Waals surface area contributed by atoms with Crippen LogP contribution in [0.3, 0.4) is 0 Å². The van der Waals surface area contributed by atoms with Crippen LogP contribution in [0.2, 0.25) is 0 Å². The molecule has 8 heteroatoms. The van der Waals surface area contributed by atoms with E-state index < -0.39 is 6.61 Å². The van der Waals surface area contributed by atoms with E-state index in [1.54, 1.807) is 25.1 Å². The standard InChI is InChI=1S/C22H30F2N2O4/c1-2-28-20-15-17(6-8-19(20)30-22(23)24)7-9-21(27)26-11-4-10-25(12-13-26)16-18-5-3-14-29-18/h6-9,15,18,22H,2-5,10-14,16H2,1H3/b9-7+/t18-/m1/s1. The number of hydrogen-bond donors (Lipinski definition) is 0. The smallest absolute Gasteiger partial charge is 0.387 e. The molecule has 0 saturated carbocycles. The molecule has 0 N–H and O–H groups in total. The first kappa shape index (κ1) is 22.5. The Kier molecular flexibility index (Phi) is 8.45. The largest absolute Gasteiger partial charge is 0.490 e. The molecule has 0 aromatic heterocycles. The Bertz CT molecular complexity index is 723. The van der Waals surface area contributed by atoms with E-state index in [0.29, 0.717) is 24.8 Å². The molecule has 1 amide bonds. The Hall–Kier alpha value is -2.19. The summed E-state index contributed by atoms with van der Waals surface area (Å²) < 4.78 is 40.6. The summed E-state index contributed by atoms with van der Waals surface area (Å²) in [4.78, 5) is 16.9. The molecule has 2 saturated heterocycles. The maximum absolute atomic E-state index is 12.6. The zero-order valence-electron chi connectivity index (χ0n) is 17.4. The summed E-state index contributed by atoms with van der Waals surface area (Å²) in [7, 11) is 0. The predicted molar refractivity (Wildman–Crippen MR) is 110 cm³/mol. The lowest BCUT2D eigenvalue weighted by molar-refractivity contribution is -0.125. The van der Waals surface area contributed by atoms with Crippen LogP contribution < -0.4 is 9.47 Å². The van der Waals surface area contributed by atoms with Gasteiger partial charge >= 0.3 is 6.61 Å². The lowest BCUT2D eigenvalue weighted by atomic mass is 10.2. The molecule has 1 atom stereocenters. The second kappa shape index (κ2) is 11.3. The van der Waals surface area contributed by atoms with Crippen molar-refractivity contribution in [1.29, 1.82) is 0 Å². The molecule has 1 aromatic rings. The highest BCUT2D eigenvalue weighted by molar-refractivity contribution is 5.91. The first-order valence-electron chi connectivity index (χ1n) is 10.6. The Morgan fingerprint density at radius 3 is 2.83 bits per heavy atom. The highest BCUT2D eigenvalue weighted by atomic mass is 19.3. The van der Waals surface area contributed by atoms with Crippen molar-refractivity contribution in [3.8, 4) is 11.5 Å². The van der Waals surface area contributed by atoms with Gasteiger partial charge in [0.15, 0.2) is 11.5 Å². The van der Waals surface area contributed by atoms with Crippen LogP contribution >= 0.6 is 0 Å². The van der Waals surface area contributed by atoms with E-state index in [2.05, 4.69) is 9.64 Å². The van der Waals surface area contributed by atoms with Gasteiger partial charge in [-0.3, -0.25) is 9.69 Å². The molecule has 0 radical (unpaired) electrons. The van der Waals surface area contributed by atoms with Crippen molar-refractivity contribution >= 4 is 12.0 Å². The average Bonchev–Trinajstić information content (AvgIpc) is 3.11. The molecule has 2 aliphatic rings. The number of ether oxygens (including phenoxy) is 3. The molecule has 6 nitrogen and oxygen atoms in total. The molecule has 1 aromatic carbocycles. The van der Waals surface area contributed by atoms with E-state index in [1.807, 2.05) is 4.90 Å². The van der Waals surface area contributed by atoms with Crippen molar-refractivity contribution in [1.82, 2.24) is 9.80 Å². The van der Waals surface area contributed by atoms with Crippen molar-refractivity contribution < 1.29 is 27.8 Å². The fourth-order valence-corrected chi connectivity index (χ4v) is 3.81. The maximum Gasteiger partial charge on any atom is 0.387 e. The Labute approximate surface area is 176 Å². The van der Waals surface area contributed by atoms with Crippen molar-refractivity contribution in [3.63, 3.8) is 0 Å². The molecule has 0 spiro atoms. The van der Waals surface area contributed by atoms with Gasteiger partial charge in [-0.2, -0.15) is 8.78 Å². The first-order chi connectivity index (χ1) is 14.5. The second-order valence-electron chi connectivity index (χ2n) is 7.47.